The van der Waals surface area contributed by atoms with Gasteiger partial charge in [-0.15, -0.1) is 0 Å². The molecule has 1 unspecified atom stereocenters. The van der Waals surface area contributed by atoms with Crippen LogP contribution in [0.4, 0.5) is 0 Å². The Morgan fingerprint density at radius 1 is 1.42 bits per heavy atom. The highest BCUT2D eigenvalue weighted by Gasteiger charge is 2.08. The zero-order valence-electron chi connectivity index (χ0n) is 10.8. The highest BCUT2D eigenvalue weighted by molar-refractivity contribution is 7.99. The summed E-state index contributed by atoms with van der Waals surface area (Å²) in [4.78, 5) is 11.5. The second-order valence-corrected chi connectivity index (χ2v) is 5.90. The van der Waals surface area contributed by atoms with Crippen molar-refractivity contribution in [2.24, 2.45) is 5.73 Å². The summed E-state index contributed by atoms with van der Waals surface area (Å²) in [5, 5.41) is 10.7. The first-order chi connectivity index (χ1) is 9.10. The van der Waals surface area contributed by atoms with E-state index in [4.69, 9.17) is 10.2 Å². The number of rotatable bonds is 5. The van der Waals surface area contributed by atoms with Crippen molar-refractivity contribution < 1.29 is 9.52 Å². The zero-order valence-corrected chi connectivity index (χ0v) is 11.6. The molecule has 1 atom stereocenters. The number of phenolic OH excluding ortho intramolecular Hbond substituents is 1. The minimum Gasteiger partial charge on any atom is -0.508 e. The van der Waals surface area contributed by atoms with Gasteiger partial charge in [-0.05, 0) is 30.7 Å². The van der Waals surface area contributed by atoms with Crippen LogP contribution in [-0.2, 0) is 5.75 Å². The molecule has 0 spiro atoms. The molecule has 1 aromatic heterocycles. The monoisotopic (exact) mass is 279 g/mol. The summed E-state index contributed by atoms with van der Waals surface area (Å²) in [6, 6.07) is 6.35. The molecule has 1 heterocycles. The average molecular weight is 279 g/mol. The molecule has 2 rings (SSSR count). The van der Waals surface area contributed by atoms with Gasteiger partial charge in [0.25, 0.3) is 0 Å². The van der Waals surface area contributed by atoms with Crippen molar-refractivity contribution >= 4 is 22.7 Å². The molecular formula is C14H17NO3S. The van der Waals surface area contributed by atoms with Crippen LogP contribution in [0.1, 0.15) is 18.9 Å². The van der Waals surface area contributed by atoms with Crippen molar-refractivity contribution in [3.63, 3.8) is 0 Å². The fourth-order valence-corrected chi connectivity index (χ4v) is 2.89. The molecule has 19 heavy (non-hydrogen) atoms. The van der Waals surface area contributed by atoms with Crippen molar-refractivity contribution in [2.75, 3.05) is 6.54 Å². The fraction of sp³-hybridized carbons (Fsp3) is 0.357. The summed E-state index contributed by atoms with van der Waals surface area (Å²) in [7, 11) is 0. The van der Waals surface area contributed by atoms with E-state index >= 15 is 0 Å². The Bertz CT molecular complexity index is 624. The molecule has 5 heteroatoms. The first-order valence-corrected chi connectivity index (χ1v) is 7.22. The second kappa shape index (κ2) is 6.12. The van der Waals surface area contributed by atoms with E-state index in [-0.39, 0.29) is 11.4 Å². The van der Waals surface area contributed by atoms with Gasteiger partial charge in [0, 0.05) is 28.5 Å². The Balaban J connectivity index is 2.29. The quantitative estimate of drug-likeness (QED) is 0.822. The van der Waals surface area contributed by atoms with E-state index in [1.165, 1.54) is 12.1 Å². The summed E-state index contributed by atoms with van der Waals surface area (Å²) in [5.41, 5.74) is 6.49. The van der Waals surface area contributed by atoms with Crippen molar-refractivity contribution in [2.45, 2.75) is 24.3 Å². The smallest absolute Gasteiger partial charge is 0.336 e. The number of hydrogen-bond acceptors (Lipinski definition) is 5. The van der Waals surface area contributed by atoms with Crippen LogP contribution in [0.15, 0.2) is 33.5 Å². The molecule has 0 amide bonds. The van der Waals surface area contributed by atoms with Gasteiger partial charge in [-0.3, -0.25) is 0 Å². The fourth-order valence-electron chi connectivity index (χ4n) is 1.89. The van der Waals surface area contributed by atoms with Crippen LogP contribution in [0, 0.1) is 0 Å². The van der Waals surface area contributed by atoms with Gasteiger partial charge in [-0.25, -0.2) is 4.79 Å². The summed E-state index contributed by atoms with van der Waals surface area (Å²) >= 11 is 1.76. The molecular weight excluding hydrogens is 262 g/mol. The van der Waals surface area contributed by atoms with Gasteiger partial charge >= 0.3 is 5.63 Å². The van der Waals surface area contributed by atoms with Crippen LogP contribution in [0.25, 0.3) is 11.0 Å². The van der Waals surface area contributed by atoms with Crippen molar-refractivity contribution in [3.8, 4) is 5.75 Å². The lowest BCUT2D eigenvalue weighted by Gasteiger charge is -2.10. The van der Waals surface area contributed by atoms with E-state index in [0.717, 1.165) is 23.1 Å². The number of benzene rings is 1. The molecule has 0 saturated carbocycles. The number of thioether (sulfide) groups is 1. The van der Waals surface area contributed by atoms with Gasteiger partial charge in [0.15, 0.2) is 0 Å². The first-order valence-electron chi connectivity index (χ1n) is 6.17. The molecule has 0 fully saturated rings. The lowest BCUT2D eigenvalue weighted by molar-refractivity contribution is 0.473. The van der Waals surface area contributed by atoms with E-state index < -0.39 is 0 Å². The lowest BCUT2D eigenvalue weighted by atomic mass is 10.1. The van der Waals surface area contributed by atoms with Crippen LogP contribution in [0.3, 0.4) is 0 Å². The van der Waals surface area contributed by atoms with E-state index in [1.54, 1.807) is 23.9 Å². The topological polar surface area (TPSA) is 76.5 Å². The summed E-state index contributed by atoms with van der Waals surface area (Å²) in [6.45, 7) is 2.79. The number of nitrogens with two attached hydrogens (primary N) is 1. The van der Waals surface area contributed by atoms with Crippen molar-refractivity contribution in [3.05, 3.63) is 40.2 Å². The predicted molar refractivity (Wildman–Crippen MR) is 78.6 cm³/mol. The Kier molecular flexibility index (Phi) is 4.50. The molecule has 1 aromatic carbocycles. The zero-order chi connectivity index (χ0) is 13.8. The highest BCUT2D eigenvalue weighted by atomic mass is 32.2. The summed E-state index contributed by atoms with van der Waals surface area (Å²) in [5.74, 6) is 0.825. The average Bonchev–Trinajstić information content (AvgIpc) is 2.35. The number of hydrogen-bond donors (Lipinski definition) is 2. The molecule has 0 bridgehead atoms. The third-order valence-electron chi connectivity index (χ3n) is 2.91. The Labute approximate surface area is 115 Å². The molecule has 0 aliphatic heterocycles. The third kappa shape index (κ3) is 3.52. The number of fused-ring (bicyclic) bond motifs is 1. The molecule has 102 valence electrons. The van der Waals surface area contributed by atoms with E-state index in [1.807, 2.05) is 0 Å². The maximum Gasteiger partial charge on any atom is 0.336 e. The molecule has 4 nitrogen and oxygen atoms in total. The normalized spacial score (nSPS) is 12.7. The predicted octanol–water partition coefficient (Wildman–Crippen LogP) is 2.47. The maximum atomic E-state index is 11.5. The van der Waals surface area contributed by atoms with Crippen LogP contribution in [0.5, 0.6) is 5.75 Å². The summed E-state index contributed by atoms with van der Waals surface area (Å²) in [6.07, 6.45) is 0.949. The van der Waals surface area contributed by atoms with E-state index in [2.05, 4.69) is 6.92 Å². The molecule has 0 radical (unpaired) electrons. The van der Waals surface area contributed by atoms with Crippen LogP contribution in [0.2, 0.25) is 0 Å². The SMILES string of the molecule is CC(CCN)SCc1cc(=O)oc2cc(O)ccc12. The summed E-state index contributed by atoms with van der Waals surface area (Å²) < 4.78 is 5.09. The van der Waals surface area contributed by atoms with E-state index in [9.17, 15) is 9.90 Å². The molecule has 3 N–H and O–H groups in total. The minimum atomic E-state index is -0.389. The Morgan fingerprint density at radius 2 is 2.21 bits per heavy atom. The largest absolute Gasteiger partial charge is 0.508 e. The van der Waals surface area contributed by atoms with Gasteiger partial charge in [0.1, 0.15) is 11.3 Å². The highest BCUT2D eigenvalue weighted by Crippen LogP contribution is 2.26. The van der Waals surface area contributed by atoms with Gasteiger partial charge in [0.05, 0.1) is 0 Å². The lowest BCUT2D eigenvalue weighted by Crippen LogP contribution is -2.07. The maximum absolute atomic E-state index is 11.5. The standard InChI is InChI=1S/C14H17NO3S/c1-9(4-5-15)19-8-10-6-14(17)18-13-7-11(16)2-3-12(10)13/h2-3,6-7,9,16H,4-5,8,15H2,1H3. The van der Waals surface area contributed by atoms with E-state index in [0.29, 0.717) is 17.4 Å². The van der Waals surface area contributed by atoms with Gasteiger partial charge in [-0.1, -0.05) is 6.92 Å². The van der Waals surface area contributed by atoms with Gasteiger partial charge in [-0.2, -0.15) is 11.8 Å². The van der Waals surface area contributed by atoms with Crippen LogP contribution in [-0.4, -0.2) is 16.9 Å². The van der Waals surface area contributed by atoms with Crippen molar-refractivity contribution in [1.29, 1.82) is 0 Å². The van der Waals surface area contributed by atoms with Crippen molar-refractivity contribution in [1.82, 2.24) is 0 Å². The first kappa shape index (κ1) is 14.0. The molecule has 0 aliphatic carbocycles. The number of phenols is 1. The molecule has 0 aliphatic rings. The molecule has 2 aromatic rings. The van der Waals surface area contributed by atoms with Gasteiger partial charge in [0.2, 0.25) is 0 Å². The van der Waals surface area contributed by atoms with Crippen LogP contribution < -0.4 is 11.4 Å². The Hall–Kier alpha value is -1.46. The van der Waals surface area contributed by atoms with Gasteiger partial charge < -0.3 is 15.3 Å². The van der Waals surface area contributed by atoms with Crippen LogP contribution >= 0.6 is 11.8 Å². The minimum absolute atomic E-state index is 0.0944. The Morgan fingerprint density at radius 3 is 2.95 bits per heavy atom. The third-order valence-corrected chi connectivity index (χ3v) is 4.19. The second-order valence-electron chi connectivity index (χ2n) is 4.47. The molecule has 0 saturated heterocycles. The number of aromatic hydroxyl groups is 1.